The maximum atomic E-state index is 5.90. The third-order valence-corrected chi connectivity index (χ3v) is 3.80. The summed E-state index contributed by atoms with van der Waals surface area (Å²) in [5, 5.41) is 7.11. The van der Waals surface area contributed by atoms with E-state index in [-0.39, 0.29) is 0 Å². The smallest absolute Gasteiger partial charge is 0.171 e. The van der Waals surface area contributed by atoms with Crippen LogP contribution in [-0.4, -0.2) is 15.2 Å². The highest BCUT2D eigenvalue weighted by atomic mass is 16.3. The van der Waals surface area contributed by atoms with Crippen LogP contribution in [0.4, 0.5) is 5.82 Å². The van der Waals surface area contributed by atoms with Crippen molar-refractivity contribution in [3.63, 3.8) is 0 Å². The molecule has 1 aliphatic carbocycles. The molecular weight excluding hydrogens is 240 g/mol. The van der Waals surface area contributed by atoms with E-state index >= 15 is 0 Å². The summed E-state index contributed by atoms with van der Waals surface area (Å²) in [6, 6.07) is 3.83. The second kappa shape index (κ2) is 3.85. The lowest BCUT2D eigenvalue weighted by Gasteiger charge is -2.18. The molecule has 5 heteroatoms. The van der Waals surface area contributed by atoms with Crippen LogP contribution in [0.1, 0.15) is 24.0 Å². The Morgan fingerprint density at radius 1 is 1.21 bits per heavy atom. The van der Waals surface area contributed by atoms with Gasteiger partial charge < -0.3 is 10.2 Å². The number of nitrogen functional groups attached to an aromatic ring is 1. The second-order valence-electron chi connectivity index (χ2n) is 4.93. The van der Waals surface area contributed by atoms with Crippen molar-refractivity contribution in [2.45, 2.75) is 25.7 Å². The van der Waals surface area contributed by atoms with E-state index in [1.54, 1.807) is 6.26 Å². The highest BCUT2D eigenvalue weighted by Crippen LogP contribution is 2.35. The van der Waals surface area contributed by atoms with Crippen molar-refractivity contribution >= 4 is 16.9 Å². The van der Waals surface area contributed by atoms with Gasteiger partial charge in [-0.1, -0.05) is 0 Å². The van der Waals surface area contributed by atoms with Gasteiger partial charge in [0.15, 0.2) is 11.6 Å². The molecule has 0 saturated carbocycles. The average Bonchev–Trinajstić information content (AvgIpc) is 3.08. The summed E-state index contributed by atoms with van der Waals surface area (Å²) >= 11 is 0. The summed E-state index contributed by atoms with van der Waals surface area (Å²) in [6.45, 7) is 0. The lowest BCUT2D eigenvalue weighted by atomic mass is 9.89. The van der Waals surface area contributed by atoms with Crippen LogP contribution in [-0.2, 0) is 12.8 Å². The Morgan fingerprint density at radius 2 is 2.05 bits per heavy atom. The van der Waals surface area contributed by atoms with Gasteiger partial charge >= 0.3 is 0 Å². The van der Waals surface area contributed by atoms with Gasteiger partial charge in [-0.2, -0.15) is 5.10 Å². The van der Waals surface area contributed by atoms with Gasteiger partial charge in [-0.05, 0) is 48.9 Å². The van der Waals surface area contributed by atoms with E-state index in [1.165, 1.54) is 24.0 Å². The van der Waals surface area contributed by atoms with Gasteiger partial charge in [0.2, 0.25) is 0 Å². The number of nitrogens with zero attached hydrogens (tertiary/aromatic N) is 2. The molecule has 3 N–H and O–H groups in total. The van der Waals surface area contributed by atoms with Crippen LogP contribution < -0.4 is 5.73 Å². The summed E-state index contributed by atoms with van der Waals surface area (Å²) < 4.78 is 5.52. The number of aromatic nitrogens is 3. The number of aryl methyl sites for hydroxylation is 1. The van der Waals surface area contributed by atoms with E-state index in [2.05, 4.69) is 15.2 Å². The Labute approximate surface area is 109 Å². The van der Waals surface area contributed by atoms with E-state index in [0.717, 1.165) is 35.3 Å². The molecule has 19 heavy (non-hydrogen) atoms. The number of rotatable bonds is 1. The zero-order valence-corrected chi connectivity index (χ0v) is 10.4. The molecule has 0 amide bonds. The maximum absolute atomic E-state index is 5.90. The van der Waals surface area contributed by atoms with Gasteiger partial charge in [-0.15, -0.1) is 0 Å². The van der Waals surface area contributed by atoms with Crippen molar-refractivity contribution < 1.29 is 4.42 Å². The molecule has 0 fully saturated rings. The van der Waals surface area contributed by atoms with Crippen molar-refractivity contribution in [2.75, 3.05) is 5.73 Å². The lowest BCUT2D eigenvalue weighted by Crippen LogP contribution is -2.07. The number of pyridine rings is 1. The quantitative estimate of drug-likeness (QED) is 0.699. The largest absolute Gasteiger partial charge is 0.463 e. The number of nitrogens with one attached hydrogen (secondary N) is 1. The summed E-state index contributed by atoms with van der Waals surface area (Å²) in [7, 11) is 0. The fourth-order valence-electron chi connectivity index (χ4n) is 2.91. The molecule has 1 aliphatic rings. The SMILES string of the molecule is Nc1n[nH]c2c3c(c(-c4ccco4)nc12)CCCC3. The van der Waals surface area contributed by atoms with Crippen molar-refractivity contribution in [1.29, 1.82) is 0 Å². The van der Waals surface area contributed by atoms with Gasteiger partial charge in [0.25, 0.3) is 0 Å². The zero-order valence-electron chi connectivity index (χ0n) is 10.4. The summed E-state index contributed by atoms with van der Waals surface area (Å²) in [6.07, 6.45) is 6.15. The number of furan rings is 1. The molecule has 0 unspecified atom stereocenters. The van der Waals surface area contributed by atoms with Crippen molar-refractivity contribution in [1.82, 2.24) is 15.2 Å². The first-order valence-corrected chi connectivity index (χ1v) is 6.54. The molecule has 96 valence electrons. The highest BCUT2D eigenvalue weighted by molar-refractivity contribution is 5.90. The number of fused-ring (bicyclic) bond motifs is 3. The number of hydrogen-bond donors (Lipinski definition) is 2. The van der Waals surface area contributed by atoms with Crippen molar-refractivity contribution in [3.05, 3.63) is 29.5 Å². The van der Waals surface area contributed by atoms with Crippen LogP contribution in [0.15, 0.2) is 22.8 Å². The summed E-state index contributed by atoms with van der Waals surface area (Å²) in [5.41, 5.74) is 11.1. The highest BCUT2D eigenvalue weighted by Gasteiger charge is 2.22. The van der Waals surface area contributed by atoms with Crippen LogP contribution >= 0.6 is 0 Å². The summed E-state index contributed by atoms with van der Waals surface area (Å²) in [5.74, 6) is 1.26. The van der Waals surface area contributed by atoms with Crippen molar-refractivity contribution in [2.24, 2.45) is 0 Å². The van der Waals surface area contributed by atoms with Gasteiger partial charge in [0.1, 0.15) is 11.2 Å². The Kier molecular flexibility index (Phi) is 2.15. The minimum absolute atomic E-state index is 0.455. The van der Waals surface area contributed by atoms with E-state index < -0.39 is 0 Å². The monoisotopic (exact) mass is 254 g/mol. The van der Waals surface area contributed by atoms with Crippen LogP contribution in [0.3, 0.4) is 0 Å². The molecule has 3 aromatic heterocycles. The van der Waals surface area contributed by atoms with E-state index in [9.17, 15) is 0 Å². The minimum Gasteiger partial charge on any atom is -0.463 e. The predicted molar refractivity (Wildman–Crippen MR) is 72.6 cm³/mol. The zero-order chi connectivity index (χ0) is 12.8. The topological polar surface area (TPSA) is 80.7 Å². The normalized spacial score (nSPS) is 14.7. The van der Waals surface area contributed by atoms with Gasteiger partial charge in [0.05, 0.1) is 11.8 Å². The number of aromatic amines is 1. The molecule has 0 saturated heterocycles. The van der Waals surface area contributed by atoms with E-state index in [1.807, 2.05) is 12.1 Å². The average molecular weight is 254 g/mol. The molecule has 3 aromatic rings. The first-order valence-electron chi connectivity index (χ1n) is 6.54. The molecule has 4 rings (SSSR count). The molecule has 0 atom stereocenters. The lowest BCUT2D eigenvalue weighted by molar-refractivity contribution is 0.577. The fourth-order valence-corrected chi connectivity index (χ4v) is 2.91. The standard InChI is InChI=1S/C14H14N4O/c15-14-13-12(17-18-14)9-5-2-1-4-8(9)11(16-13)10-6-3-7-19-10/h3,6-7H,1-2,4-5H2,(H3,15,17,18). The van der Waals surface area contributed by atoms with Crippen LogP contribution in [0, 0.1) is 0 Å². The third-order valence-electron chi connectivity index (χ3n) is 3.80. The van der Waals surface area contributed by atoms with Gasteiger partial charge in [-0.3, -0.25) is 5.10 Å². The van der Waals surface area contributed by atoms with Crippen molar-refractivity contribution in [3.8, 4) is 11.5 Å². The van der Waals surface area contributed by atoms with Crippen LogP contribution in [0.5, 0.6) is 0 Å². The van der Waals surface area contributed by atoms with Crippen LogP contribution in [0.2, 0.25) is 0 Å². The molecular formula is C14H14N4O. The summed E-state index contributed by atoms with van der Waals surface area (Å²) in [4.78, 5) is 4.68. The first kappa shape index (κ1) is 10.6. The third kappa shape index (κ3) is 1.47. The number of H-pyrrole nitrogens is 1. The fraction of sp³-hybridized carbons (Fsp3) is 0.286. The second-order valence-corrected chi connectivity index (χ2v) is 4.93. The Hall–Kier alpha value is -2.30. The Bertz CT molecular complexity index is 742. The van der Waals surface area contributed by atoms with Crippen LogP contribution in [0.25, 0.3) is 22.5 Å². The molecule has 0 aliphatic heterocycles. The van der Waals surface area contributed by atoms with Gasteiger partial charge in [0, 0.05) is 0 Å². The van der Waals surface area contributed by atoms with E-state index in [4.69, 9.17) is 10.2 Å². The minimum atomic E-state index is 0.455. The number of anilines is 1. The number of hydrogen-bond acceptors (Lipinski definition) is 4. The molecule has 5 nitrogen and oxygen atoms in total. The first-order chi connectivity index (χ1) is 9.34. The molecule has 0 radical (unpaired) electrons. The Balaban J connectivity index is 2.09. The molecule has 3 heterocycles. The van der Waals surface area contributed by atoms with E-state index in [0.29, 0.717) is 5.82 Å². The molecule has 0 bridgehead atoms. The number of nitrogens with two attached hydrogens (primary N) is 1. The molecule has 0 spiro atoms. The van der Waals surface area contributed by atoms with Gasteiger partial charge in [-0.25, -0.2) is 4.98 Å². The Morgan fingerprint density at radius 3 is 2.84 bits per heavy atom. The molecule has 0 aromatic carbocycles. The predicted octanol–water partition coefficient (Wildman–Crippen LogP) is 2.68. The maximum Gasteiger partial charge on any atom is 0.171 e.